The van der Waals surface area contributed by atoms with E-state index in [0.29, 0.717) is 10.8 Å². The van der Waals surface area contributed by atoms with Gasteiger partial charge in [-0.1, -0.05) is 18.2 Å². The second kappa shape index (κ2) is 10.3. The molecule has 1 aliphatic rings. The zero-order valence-electron chi connectivity index (χ0n) is 20.3. The van der Waals surface area contributed by atoms with Crippen molar-refractivity contribution in [1.29, 1.82) is 0 Å². The number of rotatable bonds is 6. The van der Waals surface area contributed by atoms with Crippen LogP contribution >= 0.6 is 0 Å². The second-order valence-electron chi connectivity index (χ2n) is 8.51. The average Bonchev–Trinajstić information content (AvgIpc) is 2.93. The molecule has 196 valence electrons. The summed E-state index contributed by atoms with van der Waals surface area (Å²) in [7, 11) is -2.46. The number of aromatic nitrogens is 2. The molecule has 0 atom stereocenters. The summed E-state index contributed by atoms with van der Waals surface area (Å²) in [6, 6.07) is 15.9. The number of ether oxygens (including phenoxy) is 2. The first-order chi connectivity index (χ1) is 18.2. The number of morpholine rings is 1. The third-order valence-corrected chi connectivity index (χ3v) is 7.91. The van der Waals surface area contributed by atoms with Crippen LogP contribution in [-0.2, 0) is 21.8 Å². The molecule has 0 aliphatic carbocycles. The van der Waals surface area contributed by atoms with Gasteiger partial charge in [0.15, 0.2) is 11.4 Å². The number of halogens is 1. The minimum Gasteiger partial charge on any atom is -0.455 e. The highest BCUT2D eigenvalue weighted by molar-refractivity contribution is 7.89. The van der Waals surface area contributed by atoms with E-state index in [4.69, 9.17) is 9.47 Å². The van der Waals surface area contributed by atoms with Gasteiger partial charge in [0.1, 0.15) is 11.6 Å². The molecule has 10 nitrogen and oxygen atoms in total. The lowest BCUT2D eigenvalue weighted by Gasteiger charge is -2.26. The highest BCUT2D eigenvalue weighted by atomic mass is 32.2. The molecule has 1 aromatic heterocycles. The summed E-state index contributed by atoms with van der Waals surface area (Å²) in [5.74, 6) is -0.733. The van der Waals surface area contributed by atoms with Gasteiger partial charge in [-0.25, -0.2) is 17.5 Å². The number of carbonyl (C=O) groups excluding carboxylic acids is 1. The lowest BCUT2D eigenvalue weighted by Crippen LogP contribution is -2.40. The van der Waals surface area contributed by atoms with Gasteiger partial charge in [0.25, 0.3) is 11.5 Å². The van der Waals surface area contributed by atoms with Crippen molar-refractivity contribution in [2.24, 2.45) is 7.05 Å². The van der Waals surface area contributed by atoms with Gasteiger partial charge in [0, 0.05) is 25.5 Å². The summed E-state index contributed by atoms with van der Waals surface area (Å²) in [6.45, 7) is 0.956. The van der Waals surface area contributed by atoms with E-state index >= 15 is 0 Å². The van der Waals surface area contributed by atoms with Crippen molar-refractivity contribution in [2.45, 2.75) is 4.90 Å². The number of hydrogen-bond donors (Lipinski definition) is 1. The van der Waals surface area contributed by atoms with Crippen LogP contribution < -0.4 is 15.6 Å². The molecule has 1 fully saturated rings. The van der Waals surface area contributed by atoms with E-state index < -0.39 is 21.7 Å². The van der Waals surface area contributed by atoms with Crippen LogP contribution in [0.3, 0.4) is 0 Å². The number of amides is 1. The predicted molar refractivity (Wildman–Crippen MR) is 137 cm³/mol. The number of anilines is 1. The Morgan fingerprint density at radius 1 is 1.03 bits per heavy atom. The molecule has 0 radical (unpaired) electrons. The molecule has 4 aromatic rings. The molecule has 0 saturated carbocycles. The van der Waals surface area contributed by atoms with Crippen molar-refractivity contribution >= 4 is 32.4 Å². The molecule has 0 bridgehead atoms. The van der Waals surface area contributed by atoms with Crippen LogP contribution in [0.2, 0.25) is 0 Å². The summed E-state index contributed by atoms with van der Waals surface area (Å²) in [6.07, 6.45) is 0. The average molecular weight is 539 g/mol. The Morgan fingerprint density at radius 2 is 1.71 bits per heavy atom. The number of benzene rings is 3. The molecule has 12 heteroatoms. The van der Waals surface area contributed by atoms with Crippen molar-refractivity contribution in [3.05, 3.63) is 88.6 Å². The minimum absolute atomic E-state index is 0.0307. The molecule has 1 N–H and O–H groups in total. The van der Waals surface area contributed by atoms with Crippen molar-refractivity contribution in [2.75, 3.05) is 31.6 Å². The second-order valence-corrected chi connectivity index (χ2v) is 10.4. The molecule has 1 saturated heterocycles. The number of carbonyl (C=O) groups is 1. The van der Waals surface area contributed by atoms with Gasteiger partial charge in [-0.05, 0) is 48.5 Å². The minimum atomic E-state index is -3.89. The van der Waals surface area contributed by atoms with Gasteiger partial charge in [-0.3, -0.25) is 9.59 Å². The van der Waals surface area contributed by atoms with Gasteiger partial charge >= 0.3 is 0 Å². The fraction of sp³-hybridized carbons (Fsp3) is 0.192. The van der Waals surface area contributed by atoms with Crippen LogP contribution in [0.15, 0.2) is 76.4 Å². The van der Waals surface area contributed by atoms with Crippen molar-refractivity contribution in [3.63, 3.8) is 0 Å². The number of sulfonamides is 1. The quantitative estimate of drug-likeness (QED) is 0.401. The standard InChI is InChI=1S/C26H23FN4O6S/c1-30-26(33)21-5-3-2-4-20(21)24(29-30)25(32)28-22-16-19(38(34,35)31-12-14-36-15-13-31)10-11-23(22)37-18-8-6-17(27)7-9-18/h2-11,16H,12-15H2,1H3,(H,28,32). The topological polar surface area (TPSA) is 120 Å². The molecule has 0 unspecified atom stereocenters. The van der Waals surface area contributed by atoms with Crippen LogP contribution in [-0.4, -0.2) is 54.7 Å². The maximum atomic E-state index is 13.4. The number of hydrogen-bond acceptors (Lipinski definition) is 7. The van der Waals surface area contributed by atoms with E-state index in [2.05, 4.69) is 10.4 Å². The molecular weight excluding hydrogens is 515 g/mol. The summed E-state index contributed by atoms with van der Waals surface area (Å²) >= 11 is 0. The predicted octanol–water partition coefficient (Wildman–Crippen LogP) is 3.14. The molecule has 3 aromatic carbocycles. The van der Waals surface area contributed by atoms with E-state index in [-0.39, 0.29) is 59.6 Å². The monoisotopic (exact) mass is 538 g/mol. The molecule has 1 amide bonds. The fourth-order valence-electron chi connectivity index (χ4n) is 4.07. The third-order valence-electron chi connectivity index (χ3n) is 6.02. The van der Waals surface area contributed by atoms with E-state index in [1.807, 2.05) is 0 Å². The smallest absolute Gasteiger partial charge is 0.276 e. The first kappa shape index (κ1) is 25.5. The van der Waals surface area contributed by atoms with Crippen LogP contribution in [0.25, 0.3) is 10.8 Å². The van der Waals surface area contributed by atoms with Crippen molar-refractivity contribution in [3.8, 4) is 11.5 Å². The van der Waals surface area contributed by atoms with Crippen LogP contribution in [0.4, 0.5) is 10.1 Å². The Hall–Kier alpha value is -4.13. The van der Waals surface area contributed by atoms with Crippen LogP contribution in [0, 0.1) is 5.82 Å². The number of nitrogens with one attached hydrogen (secondary N) is 1. The lowest BCUT2D eigenvalue weighted by atomic mass is 10.1. The Bertz CT molecular complexity index is 1680. The number of aryl methyl sites for hydroxylation is 1. The Morgan fingerprint density at radius 3 is 2.42 bits per heavy atom. The van der Waals surface area contributed by atoms with E-state index in [9.17, 15) is 22.4 Å². The van der Waals surface area contributed by atoms with Crippen LogP contribution in [0.5, 0.6) is 11.5 Å². The lowest BCUT2D eigenvalue weighted by molar-refractivity contribution is 0.0730. The molecule has 0 spiro atoms. The Kier molecular flexibility index (Phi) is 6.93. The Balaban J connectivity index is 1.56. The van der Waals surface area contributed by atoms with Crippen molar-refractivity contribution < 1.29 is 27.1 Å². The van der Waals surface area contributed by atoms with Crippen LogP contribution in [0.1, 0.15) is 10.5 Å². The maximum Gasteiger partial charge on any atom is 0.276 e. The molecular formula is C26H23FN4O6S. The van der Waals surface area contributed by atoms with E-state index in [1.165, 1.54) is 53.8 Å². The fourth-order valence-corrected chi connectivity index (χ4v) is 5.51. The van der Waals surface area contributed by atoms with E-state index in [1.54, 1.807) is 24.3 Å². The summed E-state index contributed by atoms with van der Waals surface area (Å²) < 4.78 is 53.4. The molecule has 5 rings (SSSR count). The zero-order valence-corrected chi connectivity index (χ0v) is 21.1. The SMILES string of the molecule is Cn1nc(C(=O)Nc2cc(S(=O)(=O)N3CCOCC3)ccc2Oc2ccc(F)cc2)c2ccccc2c1=O. The van der Waals surface area contributed by atoms with Gasteiger partial charge in [0.05, 0.1) is 29.2 Å². The normalized spacial score (nSPS) is 14.4. The third kappa shape index (κ3) is 5.01. The number of fused-ring (bicyclic) bond motifs is 1. The first-order valence-electron chi connectivity index (χ1n) is 11.7. The van der Waals surface area contributed by atoms with Gasteiger partial charge in [-0.2, -0.15) is 9.40 Å². The number of nitrogens with zero attached hydrogens (tertiary/aromatic N) is 3. The summed E-state index contributed by atoms with van der Waals surface area (Å²) in [5.41, 5.74) is -0.346. The van der Waals surface area contributed by atoms with Crippen molar-refractivity contribution in [1.82, 2.24) is 14.1 Å². The van der Waals surface area contributed by atoms with Gasteiger partial charge in [-0.15, -0.1) is 0 Å². The summed E-state index contributed by atoms with van der Waals surface area (Å²) in [4.78, 5) is 25.9. The molecule has 1 aliphatic heterocycles. The van der Waals surface area contributed by atoms with E-state index in [0.717, 1.165) is 4.68 Å². The largest absolute Gasteiger partial charge is 0.455 e. The maximum absolute atomic E-state index is 13.4. The first-order valence-corrected chi connectivity index (χ1v) is 13.1. The molecule has 2 heterocycles. The molecule has 38 heavy (non-hydrogen) atoms. The highest BCUT2D eigenvalue weighted by Crippen LogP contribution is 2.33. The highest BCUT2D eigenvalue weighted by Gasteiger charge is 2.28. The Labute approximate surface area is 217 Å². The summed E-state index contributed by atoms with van der Waals surface area (Å²) in [5, 5.41) is 7.47. The zero-order chi connectivity index (χ0) is 26.9. The van der Waals surface area contributed by atoms with Gasteiger partial charge < -0.3 is 14.8 Å². The van der Waals surface area contributed by atoms with Gasteiger partial charge in [0.2, 0.25) is 10.0 Å².